The monoisotopic (exact) mass is 263 g/mol. The van der Waals surface area contributed by atoms with Gasteiger partial charge in [-0.05, 0) is 50.4 Å². The van der Waals surface area contributed by atoms with Gasteiger partial charge in [0.25, 0.3) is 0 Å². The van der Waals surface area contributed by atoms with Gasteiger partial charge in [-0.15, -0.1) is 0 Å². The summed E-state index contributed by atoms with van der Waals surface area (Å²) in [5.74, 6) is 1.81. The van der Waals surface area contributed by atoms with E-state index in [1.54, 1.807) is 0 Å². The summed E-state index contributed by atoms with van der Waals surface area (Å²) in [7, 11) is 0. The minimum absolute atomic E-state index is 0.603. The number of piperidine rings is 1. The van der Waals surface area contributed by atoms with Gasteiger partial charge in [0.2, 0.25) is 0 Å². The summed E-state index contributed by atoms with van der Waals surface area (Å²) in [6, 6.07) is 3.70. The highest BCUT2D eigenvalue weighted by atomic mass is 15.1. The van der Waals surface area contributed by atoms with E-state index >= 15 is 0 Å². The zero-order valence-electron chi connectivity index (χ0n) is 12.6. The SMILES string of the molecule is CC(C)[C@H]1CC[C@H](NC2CCN(CC#N)CC2)CC1. The molecule has 1 aliphatic heterocycles. The molecule has 0 aromatic rings. The Kier molecular flexibility index (Phi) is 5.66. The molecule has 1 N–H and O–H groups in total. The number of nitrogens with zero attached hydrogens (tertiary/aromatic N) is 2. The highest BCUT2D eigenvalue weighted by Gasteiger charge is 2.26. The quantitative estimate of drug-likeness (QED) is 0.793. The molecule has 1 saturated heterocycles. The first-order valence-corrected chi connectivity index (χ1v) is 8.04. The van der Waals surface area contributed by atoms with Crippen molar-refractivity contribution in [3.63, 3.8) is 0 Å². The molecule has 0 bridgehead atoms. The van der Waals surface area contributed by atoms with Crippen LogP contribution in [0.4, 0.5) is 0 Å². The van der Waals surface area contributed by atoms with E-state index in [1.807, 2.05) is 0 Å². The molecule has 0 radical (unpaired) electrons. The molecule has 1 saturated carbocycles. The van der Waals surface area contributed by atoms with E-state index in [9.17, 15) is 0 Å². The van der Waals surface area contributed by atoms with E-state index in [1.165, 1.54) is 38.5 Å². The molecule has 0 spiro atoms. The Morgan fingerprint density at radius 1 is 1.05 bits per heavy atom. The van der Waals surface area contributed by atoms with E-state index in [0.717, 1.165) is 31.0 Å². The second-order valence-electron chi connectivity index (χ2n) is 6.73. The van der Waals surface area contributed by atoms with Gasteiger partial charge < -0.3 is 5.32 Å². The number of nitrogens with one attached hydrogen (secondary N) is 1. The van der Waals surface area contributed by atoms with Crippen LogP contribution in [0.25, 0.3) is 0 Å². The molecular weight excluding hydrogens is 234 g/mol. The average molecular weight is 263 g/mol. The lowest BCUT2D eigenvalue weighted by Gasteiger charge is -2.37. The summed E-state index contributed by atoms with van der Waals surface area (Å²) < 4.78 is 0. The van der Waals surface area contributed by atoms with Crippen LogP contribution >= 0.6 is 0 Å². The zero-order chi connectivity index (χ0) is 13.7. The molecule has 3 heteroatoms. The Morgan fingerprint density at radius 2 is 1.63 bits per heavy atom. The van der Waals surface area contributed by atoms with E-state index < -0.39 is 0 Å². The van der Waals surface area contributed by atoms with Crippen molar-refractivity contribution >= 4 is 0 Å². The smallest absolute Gasteiger partial charge is 0.0866 e. The van der Waals surface area contributed by atoms with Crippen molar-refractivity contribution < 1.29 is 0 Å². The Balaban J connectivity index is 1.66. The molecule has 0 atom stereocenters. The lowest BCUT2D eigenvalue weighted by atomic mass is 9.79. The molecule has 0 aromatic heterocycles. The van der Waals surface area contributed by atoms with Gasteiger partial charge in [-0.1, -0.05) is 13.8 Å². The molecule has 0 amide bonds. The van der Waals surface area contributed by atoms with Crippen molar-refractivity contribution in [1.82, 2.24) is 10.2 Å². The number of likely N-dealkylation sites (tertiary alicyclic amines) is 1. The van der Waals surface area contributed by atoms with Crippen LogP contribution in [0.1, 0.15) is 52.4 Å². The average Bonchev–Trinajstić information content (AvgIpc) is 2.42. The molecule has 0 unspecified atom stereocenters. The molecule has 2 fully saturated rings. The largest absolute Gasteiger partial charge is 0.311 e. The Morgan fingerprint density at radius 3 is 2.16 bits per heavy atom. The first kappa shape index (κ1) is 14.8. The van der Waals surface area contributed by atoms with Crippen LogP contribution in [0.5, 0.6) is 0 Å². The predicted octanol–water partition coefficient (Wildman–Crippen LogP) is 2.78. The third-order valence-electron chi connectivity index (χ3n) is 5.07. The second-order valence-corrected chi connectivity index (χ2v) is 6.73. The van der Waals surface area contributed by atoms with Crippen LogP contribution in [0, 0.1) is 23.2 Å². The maximum absolute atomic E-state index is 8.71. The fourth-order valence-electron chi connectivity index (χ4n) is 3.64. The van der Waals surface area contributed by atoms with Crippen molar-refractivity contribution in [2.75, 3.05) is 19.6 Å². The fourth-order valence-corrected chi connectivity index (χ4v) is 3.64. The van der Waals surface area contributed by atoms with Gasteiger partial charge in [0.05, 0.1) is 12.6 Å². The van der Waals surface area contributed by atoms with Crippen molar-refractivity contribution in [3.8, 4) is 6.07 Å². The van der Waals surface area contributed by atoms with Crippen LogP contribution in [-0.4, -0.2) is 36.6 Å². The van der Waals surface area contributed by atoms with Gasteiger partial charge in [0.1, 0.15) is 0 Å². The summed E-state index contributed by atoms with van der Waals surface area (Å²) >= 11 is 0. The molecule has 2 rings (SSSR count). The summed E-state index contributed by atoms with van der Waals surface area (Å²) in [5.41, 5.74) is 0. The van der Waals surface area contributed by atoms with E-state index in [2.05, 4.69) is 30.1 Å². The molecule has 1 aliphatic carbocycles. The van der Waals surface area contributed by atoms with Crippen LogP contribution in [0.15, 0.2) is 0 Å². The Bertz CT molecular complexity index is 292. The molecule has 108 valence electrons. The van der Waals surface area contributed by atoms with Gasteiger partial charge in [-0.2, -0.15) is 5.26 Å². The molecule has 1 heterocycles. The van der Waals surface area contributed by atoms with Crippen molar-refractivity contribution in [2.45, 2.75) is 64.5 Å². The molecule has 3 nitrogen and oxygen atoms in total. The Hall–Kier alpha value is -0.590. The van der Waals surface area contributed by atoms with Crippen LogP contribution in [0.3, 0.4) is 0 Å². The molecule has 19 heavy (non-hydrogen) atoms. The lowest BCUT2D eigenvalue weighted by molar-refractivity contribution is 0.182. The van der Waals surface area contributed by atoms with Crippen molar-refractivity contribution in [1.29, 1.82) is 5.26 Å². The summed E-state index contributed by atoms with van der Waals surface area (Å²) in [6.45, 7) is 7.51. The standard InChI is InChI=1S/C16H29N3/c1-13(2)14-3-5-15(6-4-14)18-16-7-10-19(11-8-16)12-9-17/h13-16,18H,3-8,10-12H2,1-2H3/t14-,15-. The van der Waals surface area contributed by atoms with Crippen LogP contribution in [-0.2, 0) is 0 Å². The predicted molar refractivity (Wildman–Crippen MR) is 78.8 cm³/mol. The molecular formula is C16H29N3. The zero-order valence-corrected chi connectivity index (χ0v) is 12.6. The van der Waals surface area contributed by atoms with Crippen LogP contribution in [0.2, 0.25) is 0 Å². The van der Waals surface area contributed by atoms with Gasteiger partial charge in [-0.25, -0.2) is 0 Å². The minimum Gasteiger partial charge on any atom is -0.311 e. The molecule has 2 aliphatic rings. The highest BCUT2D eigenvalue weighted by Crippen LogP contribution is 2.30. The third kappa shape index (κ3) is 4.47. The minimum atomic E-state index is 0.603. The van der Waals surface area contributed by atoms with Gasteiger partial charge >= 0.3 is 0 Å². The highest BCUT2D eigenvalue weighted by molar-refractivity contribution is 4.86. The summed E-state index contributed by atoms with van der Waals surface area (Å²) in [6.07, 6.45) is 7.96. The number of hydrogen-bond acceptors (Lipinski definition) is 3. The van der Waals surface area contributed by atoms with Crippen LogP contribution < -0.4 is 5.32 Å². The summed E-state index contributed by atoms with van der Waals surface area (Å²) in [4.78, 5) is 2.27. The fraction of sp³-hybridized carbons (Fsp3) is 0.938. The maximum atomic E-state index is 8.71. The first-order valence-electron chi connectivity index (χ1n) is 8.04. The van der Waals surface area contributed by atoms with Gasteiger partial charge in [0.15, 0.2) is 0 Å². The third-order valence-corrected chi connectivity index (χ3v) is 5.07. The topological polar surface area (TPSA) is 39.1 Å². The Labute approximate surface area is 118 Å². The number of rotatable bonds is 4. The van der Waals surface area contributed by atoms with E-state index in [4.69, 9.17) is 5.26 Å². The first-order chi connectivity index (χ1) is 9.19. The molecule has 0 aromatic carbocycles. The number of hydrogen-bond donors (Lipinski definition) is 1. The van der Waals surface area contributed by atoms with Gasteiger partial charge in [0, 0.05) is 25.2 Å². The lowest BCUT2D eigenvalue weighted by Crippen LogP contribution is -2.47. The maximum Gasteiger partial charge on any atom is 0.0866 e. The normalized spacial score (nSPS) is 30.4. The van der Waals surface area contributed by atoms with Gasteiger partial charge in [-0.3, -0.25) is 4.90 Å². The van der Waals surface area contributed by atoms with Crippen molar-refractivity contribution in [3.05, 3.63) is 0 Å². The van der Waals surface area contributed by atoms with E-state index in [0.29, 0.717) is 12.6 Å². The second kappa shape index (κ2) is 7.26. The summed E-state index contributed by atoms with van der Waals surface area (Å²) in [5, 5.41) is 12.6. The van der Waals surface area contributed by atoms with Crippen molar-refractivity contribution in [2.24, 2.45) is 11.8 Å². The van der Waals surface area contributed by atoms with E-state index in [-0.39, 0.29) is 0 Å². The number of nitriles is 1.